The smallest absolute Gasteiger partial charge is 0.270 e. The Bertz CT molecular complexity index is 1600. The zero-order chi connectivity index (χ0) is 30.7. The van der Waals surface area contributed by atoms with Crippen LogP contribution < -0.4 is 10.6 Å². The van der Waals surface area contributed by atoms with Gasteiger partial charge in [0.25, 0.3) is 5.91 Å². The monoisotopic (exact) mass is 598 g/mol. The third-order valence-electron chi connectivity index (χ3n) is 8.24. The molecule has 0 unspecified atom stereocenters. The second-order valence-electron chi connectivity index (χ2n) is 12.6. The van der Waals surface area contributed by atoms with Gasteiger partial charge in [0.15, 0.2) is 0 Å². The minimum atomic E-state index is -1.15. The molecule has 2 atom stereocenters. The van der Waals surface area contributed by atoms with Crippen LogP contribution in [-0.2, 0) is 29.7 Å². The molecule has 0 saturated heterocycles. The standard InChI is InChI=1S/C33H42N6O3Si/c1-22-30(23(2)39(37-22)21-42-19-20-43(4,5)6)25-11-14-26(15-12-25)35-33(41)31(36-32(40)29-17-18-34-38(29)3)28-16-13-24-9-7-8-10-27(24)28/h7-12,14-15,17-18,28,31H,13,16,19-21H2,1-6H3,(H,35,41)(H,36,40)/t28-,31+/m1/s1. The summed E-state index contributed by atoms with van der Waals surface area (Å²) in [5, 5.41) is 14.9. The average molecular weight is 599 g/mol. The molecule has 5 rings (SSSR count). The van der Waals surface area contributed by atoms with Crippen molar-refractivity contribution in [2.24, 2.45) is 7.05 Å². The molecule has 1 aliphatic rings. The minimum Gasteiger partial charge on any atom is -0.360 e. The number of fused-ring (bicyclic) bond motifs is 1. The van der Waals surface area contributed by atoms with Gasteiger partial charge in [0, 0.05) is 50.8 Å². The van der Waals surface area contributed by atoms with Crippen molar-refractivity contribution in [3.05, 3.63) is 89.0 Å². The molecule has 2 aromatic heterocycles. The second kappa shape index (κ2) is 12.7. The number of aromatic nitrogens is 4. The van der Waals surface area contributed by atoms with Crippen LogP contribution in [0.4, 0.5) is 5.69 Å². The quantitative estimate of drug-likeness (QED) is 0.171. The van der Waals surface area contributed by atoms with E-state index in [0.717, 1.165) is 53.6 Å². The highest BCUT2D eigenvalue weighted by atomic mass is 28.3. The van der Waals surface area contributed by atoms with Crippen LogP contribution in [0.1, 0.15) is 45.3 Å². The number of rotatable bonds is 11. The summed E-state index contributed by atoms with van der Waals surface area (Å²) in [6.45, 7) is 12.3. The van der Waals surface area contributed by atoms with E-state index in [1.807, 2.05) is 48.0 Å². The van der Waals surface area contributed by atoms with Gasteiger partial charge in [0.05, 0.1) is 5.69 Å². The highest BCUT2D eigenvalue weighted by Gasteiger charge is 2.36. The fourth-order valence-corrected chi connectivity index (χ4v) is 6.56. The Morgan fingerprint density at radius 3 is 2.51 bits per heavy atom. The third kappa shape index (κ3) is 6.97. The summed E-state index contributed by atoms with van der Waals surface area (Å²) in [5.74, 6) is -0.704. The number of amides is 2. The van der Waals surface area contributed by atoms with Crippen LogP contribution in [0, 0.1) is 13.8 Å². The fraction of sp³-hybridized carbons (Fsp3) is 0.394. The molecule has 0 fully saturated rings. The molecule has 226 valence electrons. The van der Waals surface area contributed by atoms with Crippen LogP contribution in [0.25, 0.3) is 11.1 Å². The van der Waals surface area contributed by atoms with Gasteiger partial charge >= 0.3 is 0 Å². The van der Waals surface area contributed by atoms with E-state index in [-0.39, 0.29) is 17.7 Å². The Morgan fingerprint density at radius 2 is 1.81 bits per heavy atom. The first-order chi connectivity index (χ1) is 20.5. The van der Waals surface area contributed by atoms with Crippen molar-refractivity contribution in [3.63, 3.8) is 0 Å². The molecular formula is C33H42N6O3Si. The van der Waals surface area contributed by atoms with Crippen LogP contribution in [0.3, 0.4) is 0 Å². The number of nitrogens with zero attached hydrogens (tertiary/aromatic N) is 4. The number of hydrogen-bond acceptors (Lipinski definition) is 5. The molecule has 2 heterocycles. The van der Waals surface area contributed by atoms with Crippen molar-refractivity contribution in [2.75, 3.05) is 11.9 Å². The van der Waals surface area contributed by atoms with Crippen molar-refractivity contribution in [1.82, 2.24) is 24.9 Å². The van der Waals surface area contributed by atoms with E-state index < -0.39 is 14.1 Å². The van der Waals surface area contributed by atoms with Gasteiger partial charge in [-0.15, -0.1) is 0 Å². The highest BCUT2D eigenvalue weighted by molar-refractivity contribution is 6.76. The molecule has 2 amide bonds. The van der Waals surface area contributed by atoms with E-state index in [1.165, 1.54) is 10.2 Å². The van der Waals surface area contributed by atoms with Gasteiger partial charge in [-0.1, -0.05) is 56.0 Å². The Labute approximate surface area is 254 Å². The number of aryl methyl sites for hydroxylation is 3. The summed E-state index contributed by atoms with van der Waals surface area (Å²) in [7, 11) is 0.566. The van der Waals surface area contributed by atoms with Crippen LogP contribution in [0.15, 0.2) is 60.8 Å². The predicted molar refractivity (Wildman–Crippen MR) is 172 cm³/mol. The van der Waals surface area contributed by atoms with E-state index in [9.17, 15) is 9.59 Å². The Kier molecular flexibility index (Phi) is 8.98. The average Bonchev–Trinajstić information content (AvgIpc) is 3.66. The summed E-state index contributed by atoms with van der Waals surface area (Å²) in [6, 6.07) is 18.0. The van der Waals surface area contributed by atoms with E-state index >= 15 is 0 Å². The number of ether oxygens (including phenoxy) is 1. The van der Waals surface area contributed by atoms with Crippen LogP contribution in [0.5, 0.6) is 0 Å². The molecule has 0 aliphatic heterocycles. The molecule has 1 aliphatic carbocycles. The molecule has 43 heavy (non-hydrogen) atoms. The molecule has 0 spiro atoms. The summed E-state index contributed by atoms with van der Waals surface area (Å²) < 4.78 is 9.37. The zero-order valence-corrected chi connectivity index (χ0v) is 27.0. The summed E-state index contributed by atoms with van der Waals surface area (Å²) >= 11 is 0. The first-order valence-corrected chi connectivity index (χ1v) is 18.6. The first-order valence-electron chi connectivity index (χ1n) is 14.9. The fourth-order valence-electron chi connectivity index (χ4n) is 5.81. The molecular weight excluding hydrogens is 556 g/mol. The van der Waals surface area contributed by atoms with Gasteiger partial charge in [-0.25, -0.2) is 4.68 Å². The number of benzene rings is 2. The van der Waals surface area contributed by atoms with E-state index in [0.29, 0.717) is 18.1 Å². The molecule has 0 radical (unpaired) electrons. The van der Waals surface area contributed by atoms with Gasteiger partial charge in [-0.3, -0.25) is 14.3 Å². The van der Waals surface area contributed by atoms with Crippen LogP contribution in [-0.4, -0.2) is 52.1 Å². The molecule has 2 aromatic carbocycles. The summed E-state index contributed by atoms with van der Waals surface area (Å²) in [6.07, 6.45) is 3.23. The lowest BCUT2D eigenvalue weighted by molar-refractivity contribution is -0.118. The maximum Gasteiger partial charge on any atom is 0.270 e. The van der Waals surface area contributed by atoms with Crippen molar-refractivity contribution in [2.45, 2.75) is 71.1 Å². The molecule has 4 aromatic rings. The molecule has 0 bridgehead atoms. The third-order valence-corrected chi connectivity index (χ3v) is 9.94. The lowest BCUT2D eigenvalue weighted by Crippen LogP contribution is -2.47. The second-order valence-corrected chi connectivity index (χ2v) is 18.2. The maximum atomic E-state index is 13.8. The van der Waals surface area contributed by atoms with E-state index in [4.69, 9.17) is 9.84 Å². The lowest BCUT2D eigenvalue weighted by atomic mass is 9.92. The number of carbonyl (C=O) groups excluding carboxylic acids is 2. The van der Waals surface area contributed by atoms with Crippen molar-refractivity contribution in [1.29, 1.82) is 0 Å². The largest absolute Gasteiger partial charge is 0.360 e. The summed E-state index contributed by atoms with van der Waals surface area (Å²) in [5.41, 5.74) is 7.45. The van der Waals surface area contributed by atoms with Gasteiger partial charge in [-0.2, -0.15) is 10.2 Å². The van der Waals surface area contributed by atoms with Crippen molar-refractivity contribution < 1.29 is 14.3 Å². The normalized spacial score (nSPS) is 15.3. The van der Waals surface area contributed by atoms with Gasteiger partial charge in [0.2, 0.25) is 5.91 Å². The minimum absolute atomic E-state index is 0.128. The lowest BCUT2D eigenvalue weighted by Gasteiger charge is -2.25. The van der Waals surface area contributed by atoms with E-state index in [1.54, 1.807) is 19.3 Å². The number of hydrogen-bond donors (Lipinski definition) is 2. The first kappa shape index (κ1) is 30.4. The zero-order valence-electron chi connectivity index (χ0n) is 26.0. The Balaban J connectivity index is 1.31. The highest BCUT2D eigenvalue weighted by Crippen LogP contribution is 2.36. The molecule has 0 saturated carbocycles. The van der Waals surface area contributed by atoms with E-state index in [2.05, 4.69) is 54.4 Å². The topological polar surface area (TPSA) is 103 Å². The molecule has 9 nitrogen and oxygen atoms in total. The van der Waals surface area contributed by atoms with Gasteiger partial charge < -0.3 is 15.4 Å². The van der Waals surface area contributed by atoms with Crippen LogP contribution >= 0.6 is 0 Å². The number of nitrogens with one attached hydrogen (secondary N) is 2. The predicted octanol–water partition coefficient (Wildman–Crippen LogP) is 5.68. The maximum absolute atomic E-state index is 13.8. The van der Waals surface area contributed by atoms with Gasteiger partial charge in [-0.05, 0) is 67.6 Å². The van der Waals surface area contributed by atoms with Crippen molar-refractivity contribution >= 4 is 25.6 Å². The van der Waals surface area contributed by atoms with Crippen LogP contribution in [0.2, 0.25) is 25.7 Å². The SMILES string of the molecule is Cc1nn(COCC[Si](C)(C)C)c(C)c1-c1ccc(NC(=O)[C@@H](NC(=O)c2ccnn2C)[C@@H]2CCc3ccccc32)cc1. The molecule has 2 N–H and O–H groups in total. The molecule has 10 heteroatoms. The number of carbonyl (C=O) groups is 2. The Morgan fingerprint density at radius 1 is 1.07 bits per heavy atom. The Hall–Kier alpha value is -4.02. The van der Waals surface area contributed by atoms with Crippen molar-refractivity contribution in [3.8, 4) is 11.1 Å². The van der Waals surface area contributed by atoms with Gasteiger partial charge in [0.1, 0.15) is 18.5 Å². The summed E-state index contributed by atoms with van der Waals surface area (Å²) in [4.78, 5) is 27.0. The number of anilines is 1.